The van der Waals surface area contributed by atoms with Gasteiger partial charge >= 0.3 is 0 Å². The van der Waals surface area contributed by atoms with Gasteiger partial charge in [0.25, 0.3) is 0 Å². The molecule has 4 nitrogen and oxygen atoms in total. The van der Waals surface area contributed by atoms with Gasteiger partial charge in [0.2, 0.25) is 5.91 Å². The van der Waals surface area contributed by atoms with Crippen LogP contribution in [0.1, 0.15) is 30.8 Å². The first-order valence-corrected chi connectivity index (χ1v) is 5.01. The Bertz CT molecular complexity index is 339. The van der Waals surface area contributed by atoms with Crippen LogP contribution in [-0.2, 0) is 4.79 Å². The summed E-state index contributed by atoms with van der Waals surface area (Å²) in [4.78, 5) is 15.4. The van der Waals surface area contributed by atoms with Crippen LogP contribution in [0.15, 0.2) is 18.2 Å². The highest BCUT2D eigenvalue weighted by molar-refractivity contribution is 5.75. The number of aliphatic hydroxyl groups excluding tert-OH is 1. The van der Waals surface area contributed by atoms with Crippen LogP contribution in [0.3, 0.4) is 0 Å². The third-order valence-electron chi connectivity index (χ3n) is 2.11. The molecular formula is C11H16N2O2. The minimum absolute atomic E-state index is 0.0858. The Labute approximate surface area is 89.3 Å². The van der Waals surface area contributed by atoms with Crippen LogP contribution >= 0.6 is 0 Å². The van der Waals surface area contributed by atoms with E-state index in [0.717, 1.165) is 5.69 Å². The van der Waals surface area contributed by atoms with E-state index in [1.54, 1.807) is 13.0 Å². The molecule has 0 fully saturated rings. The van der Waals surface area contributed by atoms with Crippen LogP contribution in [0.5, 0.6) is 0 Å². The van der Waals surface area contributed by atoms with E-state index in [2.05, 4.69) is 10.3 Å². The predicted octanol–water partition coefficient (Wildman–Crippen LogP) is 0.950. The Kier molecular flexibility index (Phi) is 4.24. The smallest absolute Gasteiger partial charge is 0.220 e. The number of carbonyl (C=O) groups is 1. The summed E-state index contributed by atoms with van der Waals surface area (Å²) in [5.74, 6) is -0.0858. The van der Waals surface area contributed by atoms with Gasteiger partial charge in [-0.25, -0.2) is 0 Å². The van der Waals surface area contributed by atoms with Crippen molar-refractivity contribution in [1.82, 2.24) is 10.3 Å². The standard InChI is InChI=1S/C11H16N2O2/c1-3-11(15)13-10(7-14)9-6-4-5-8(2)12-9/h4-6,10,14H,3,7H2,1-2H3,(H,13,15)/t10-/m1/s1. The van der Waals surface area contributed by atoms with E-state index < -0.39 is 6.04 Å². The van der Waals surface area contributed by atoms with Crippen molar-refractivity contribution >= 4 is 5.91 Å². The molecule has 0 aromatic carbocycles. The summed E-state index contributed by atoms with van der Waals surface area (Å²) in [6.07, 6.45) is 0.405. The van der Waals surface area contributed by atoms with Crippen molar-refractivity contribution in [1.29, 1.82) is 0 Å². The van der Waals surface area contributed by atoms with E-state index in [4.69, 9.17) is 5.11 Å². The van der Waals surface area contributed by atoms with E-state index >= 15 is 0 Å². The first-order valence-electron chi connectivity index (χ1n) is 5.01. The molecule has 0 unspecified atom stereocenters. The van der Waals surface area contributed by atoms with Crippen molar-refractivity contribution < 1.29 is 9.90 Å². The molecule has 4 heteroatoms. The molecule has 0 radical (unpaired) electrons. The Morgan fingerprint density at radius 2 is 2.33 bits per heavy atom. The molecule has 0 aliphatic carbocycles. The topological polar surface area (TPSA) is 62.2 Å². The van der Waals surface area contributed by atoms with Crippen LogP contribution in [0, 0.1) is 6.92 Å². The number of pyridine rings is 1. The fourth-order valence-corrected chi connectivity index (χ4v) is 1.27. The molecule has 0 aliphatic rings. The molecule has 1 rings (SSSR count). The van der Waals surface area contributed by atoms with Gasteiger partial charge in [-0.2, -0.15) is 0 Å². The van der Waals surface area contributed by atoms with Gasteiger partial charge in [-0.3, -0.25) is 9.78 Å². The van der Waals surface area contributed by atoms with Crippen molar-refractivity contribution in [2.24, 2.45) is 0 Å². The Morgan fingerprint density at radius 1 is 1.60 bits per heavy atom. The first-order chi connectivity index (χ1) is 7.17. The highest BCUT2D eigenvalue weighted by Gasteiger charge is 2.13. The maximum Gasteiger partial charge on any atom is 0.220 e. The summed E-state index contributed by atoms with van der Waals surface area (Å²) >= 11 is 0. The molecule has 0 saturated carbocycles. The number of aliphatic hydroxyl groups is 1. The molecule has 0 aliphatic heterocycles. The number of rotatable bonds is 4. The number of amides is 1. The van der Waals surface area contributed by atoms with E-state index in [-0.39, 0.29) is 12.5 Å². The van der Waals surface area contributed by atoms with Crippen molar-refractivity contribution in [3.8, 4) is 0 Å². The van der Waals surface area contributed by atoms with Gasteiger partial charge < -0.3 is 10.4 Å². The van der Waals surface area contributed by atoms with Gasteiger partial charge in [-0.05, 0) is 19.1 Å². The fourth-order valence-electron chi connectivity index (χ4n) is 1.27. The third kappa shape index (κ3) is 3.32. The molecular weight excluding hydrogens is 192 g/mol. The van der Waals surface area contributed by atoms with Gasteiger partial charge in [-0.1, -0.05) is 13.0 Å². The molecule has 1 amide bonds. The lowest BCUT2D eigenvalue weighted by atomic mass is 10.2. The Hall–Kier alpha value is -1.42. The normalized spacial score (nSPS) is 12.2. The number of hydrogen-bond donors (Lipinski definition) is 2. The minimum atomic E-state index is -0.405. The minimum Gasteiger partial charge on any atom is -0.394 e. The number of hydrogen-bond acceptors (Lipinski definition) is 3. The van der Waals surface area contributed by atoms with Gasteiger partial charge in [0.15, 0.2) is 0 Å². The van der Waals surface area contributed by atoms with E-state index in [1.807, 2.05) is 19.1 Å². The predicted molar refractivity (Wildman–Crippen MR) is 57.2 cm³/mol. The lowest BCUT2D eigenvalue weighted by Crippen LogP contribution is -2.30. The molecule has 0 saturated heterocycles. The maximum absolute atomic E-state index is 11.2. The van der Waals surface area contributed by atoms with Crippen LogP contribution < -0.4 is 5.32 Å². The summed E-state index contributed by atoms with van der Waals surface area (Å²) in [6, 6.07) is 5.12. The summed E-state index contributed by atoms with van der Waals surface area (Å²) in [5, 5.41) is 11.9. The molecule has 1 atom stereocenters. The molecule has 0 spiro atoms. The van der Waals surface area contributed by atoms with Crippen LogP contribution in [0.4, 0.5) is 0 Å². The van der Waals surface area contributed by atoms with Gasteiger partial charge in [0.1, 0.15) is 0 Å². The van der Waals surface area contributed by atoms with Crippen molar-refractivity contribution in [3.63, 3.8) is 0 Å². The van der Waals surface area contributed by atoms with E-state index in [9.17, 15) is 4.79 Å². The lowest BCUT2D eigenvalue weighted by molar-refractivity contribution is -0.121. The monoisotopic (exact) mass is 208 g/mol. The quantitative estimate of drug-likeness (QED) is 0.774. The average molecular weight is 208 g/mol. The second-order valence-corrected chi connectivity index (χ2v) is 3.36. The first kappa shape index (κ1) is 11.7. The third-order valence-corrected chi connectivity index (χ3v) is 2.11. The molecule has 0 bridgehead atoms. The highest BCUT2D eigenvalue weighted by Crippen LogP contribution is 2.10. The van der Waals surface area contributed by atoms with Crippen molar-refractivity contribution in [2.45, 2.75) is 26.3 Å². The molecule has 1 aromatic rings. The Morgan fingerprint density at radius 3 is 2.87 bits per heavy atom. The Balaban J connectivity index is 2.78. The summed E-state index contributed by atoms with van der Waals surface area (Å²) in [6.45, 7) is 3.51. The number of aryl methyl sites for hydroxylation is 1. The second kappa shape index (κ2) is 5.46. The maximum atomic E-state index is 11.2. The van der Waals surface area contributed by atoms with Gasteiger partial charge in [-0.15, -0.1) is 0 Å². The second-order valence-electron chi connectivity index (χ2n) is 3.36. The average Bonchev–Trinajstić information content (AvgIpc) is 2.25. The summed E-state index contributed by atoms with van der Waals surface area (Å²) < 4.78 is 0. The van der Waals surface area contributed by atoms with Crippen molar-refractivity contribution in [2.75, 3.05) is 6.61 Å². The van der Waals surface area contributed by atoms with E-state index in [0.29, 0.717) is 12.1 Å². The molecule has 82 valence electrons. The fraction of sp³-hybridized carbons (Fsp3) is 0.455. The number of nitrogens with one attached hydrogen (secondary N) is 1. The SMILES string of the molecule is CCC(=O)N[C@H](CO)c1cccc(C)n1. The van der Waals surface area contributed by atoms with Gasteiger partial charge in [0, 0.05) is 12.1 Å². The van der Waals surface area contributed by atoms with Crippen LogP contribution in [-0.4, -0.2) is 22.6 Å². The lowest BCUT2D eigenvalue weighted by Gasteiger charge is -2.15. The zero-order valence-corrected chi connectivity index (χ0v) is 9.03. The van der Waals surface area contributed by atoms with E-state index in [1.165, 1.54) is 0 Å². The van der Waals surface area contributed by atoms with Gasteiger partial charge in [0.05, 0.1) is 18.3 Å². The molecule has 1 aromatic heterocycles. The van der Waals surface area contributed by atoms with Crippen LogP contribution in [0.2, 0.25) is 0 Å². The molecule has 2 N–H and O–H groups in total. The zero-order chi connectivity index (χ0) is 11.3. The number of nitrogens with zero attached hydrogens (tertiary/aromatic N) is 1. The number of aromatic nitrogens is 1. The summed E-state index contributed by atoms with van der Waals surface area (Å²) in [5.41, 5.74) is 1.57. The largest absolute Gasteiger partial charge is 0.394 e. The molecule has 15 heavy (non-hydrogen) atoms. The molecule has 1 heterocycles. The zero-order valence-electron chi connectivity index (χ0n) is 9.03. The van der Waals surface area contributed by atoms with Crippen LogP contribution in [0.25, 0.3) is 0 Å². The number of carbonyl (C=O) groups excluding carboxylic acids is 1. The van der Waals surface area contributed by atoms with Crippen molar-refractivity contribution in [3.05, 3.63) is 29.6 Å². The highest BCUT2D eigenvalue weighted by atomic mass is 16.3. The summed E-state index contributed by atoms with van der Waals surface area (Å²) in [7, 11) is 0.